The van der Waals surface area contributed by atoms with Crippen molar-refractivity contribution in [3.63, 3.8) is 0 Å². The molecule has 0 saturated heterocycles. The van der Waals surface area contributed by atoms with Crippen molar-refractivity contribution in [3.8, 4) is 5.88 Å². The maximum atomic E-state index is 6.02. The molecule has 0 radical (unpaired) electrons. The van der Waals surface area contributed by atoms with Gasteiger partial charge < -0.3 is 10.1 Å². The monoisotopic (exact) mass is 234 g/mol. The van der Waals surface area contributed by atoms with Gasteiger partial charge in [0.2, 0.25) is 5.88 Å². The number of aromatic nitrogens is 1. The van der Waals surface area contributed by atoms with Crippen LogP contribution in [0.1, 0.15) is 38.2 Å². The average Bonchev–Trinajstić information content (AvgIpc) is 2.33. The minimum Gasteiger partial charge on any atom is -0.474 e. The van der Waals surface area contributed by atoms with Crippen molar-refractivity contribution in [1.82, 2.24) is 10.3 Å². The summed E-state index contributed by atoms with van der Waals surface area (Å²) in [4.78, 5) is 4.30. The third-order valence-corrected chi connectivity index (χ3v) is 3.49. The Kier molecular flexibility index (Phi) is 4.37. The van der Waals surface area contributed by atoms with E-state index in [-0.39, 0.29) is 0 Å². The molecule has 0 bridgehead atoms. The van der Waals surface area contributed by atoms with E-state index in [0.29, 0.717) is 12.0 Å². The second kappa shape index (κ2) is 6.01. The summed E-state index contributed by atoms with van der Waals surface area (Å²) in [7, 11) is 1.95. The molecular weight excluding hydrogens is 212 g/mol. The Hall–Kier alpha value is -1.09. The third kappa shape index (κ3) is 3.43. The lowest BCUT2D eigenvalue weighted by molar-refractivity contribution is 0.0975. The van der Waals surface area contributed by atoms with E-state index in [1.807, 2.05) is 25.4 Å². The van der Waals surface area contributed by atoms with Crippen molar-refractivity contribution in [2.45, 2.75) is 45.3 Å². The standard InChI is InChI=1S/C14H22N2O/c1-11-5-3-4-6-13(11)17-14-9-12(10-15-2)7-8-16-14/h7-9,11,13,15H,3-6,10H2,1-2H3. The second-order valence-corrected chi connectivity index (χ2v) is 4.95. The molecule has 2 unspecified atom stereocenters. The zero-order valence-corrected chi connectivity index (χ0v) is 10.8. The first kappa shape index (κ1) is 12.4. The fourth-order valence-electron chi connectivity index (χ4n) is 2.44. The Morgan fingerprint density at radius 2 is 2.24 bits per heavy atom. The summed E-state index contributed by atoms with van der Waals surface area (Å²) < 4.78 is 6.02. The molecule has 1 aromatic heterocycles. The topological polar surface area (TPSA) is 34.2 Å². The summed E-state index contributed by atoms with van der Waals surface area (Å²) in [5.74, 6) is 1.43. The predicted octanol–water partition coefficient (Wildman–Crippen LogP) is 2.76. The normalized spacial score (nSPS) is 24.6. The van der Waals surface area contributed by atoms with Crippen LogP contribution >= 0.6 is 0 Å². The van der Waals surface area contributed by atoms with Crippen molar-refractivity contribution in [3.05, 3.63) is 23.9 Å². The molecular formula is C14H22N2O. The molecule has 1 aromatic rings. The van der Waals surface area contributed by atoms with Gasteiger partial charge in [-0.05, 0) is 43.9 Å². The van der Waals surface area contributed by atoms with Crippen LogP contribution in [0, 0.1) is 5.92 Å². The fraction of sp³-hybridized carbons (Fsp3) is 0.643. The van der Waals surface area contributed by atoms with E-state index in [1.54, 1.807) is 0 Å². The number of hydrogen-bond donors (Lipinski definition) is 1. The molecule has 17 heavy (non-hydrogen) atoms. The average molecular weight is 234 g/mol. The second-order valence-electron chi connectivity index (χ2n) is 4.95. The van der Waals surface area contributed by atoms with Gasteiger partial charge in [-0.15, -0.1) is 0 Å². The highest BCUT2D eigenvalue weighted by molar-refractivity contribution is 5.20. The molecule has 3 nitrogen and oxygen atoms in total. The van der Waals surface area contributed by atoms with Crippen LogP contribution < -0.4 is 10.1 Å². The summed E-state index contributed by atoms with van der Waals surface area (Å²) in [6.07, 6.45) is 7.25. The maximum Gasteiger partial charge on any atom is 0.213 e. The summed E-state index contributed by atoms with van der Waals surface area (Å²) in [5, 5.41) is 3.14. The van der Waals surface area contributed by atoms with E-state index < -0.39 is 0 Å². The van der Waals surface area contributed by atoms with Crippen LogP contribution in [0.25, 0.3) is 0 Å². The Bertz CT molecular complexity index is 354. The Balaban J connectivity index is 1.99. The summed E-state index contributed by atoms with van der Waals surface area (Å²) in [5.41, 5.74) is 1.22. The number of pyridine rings is 1. The summed E-state index contributed by atoms with van der Waals surface area (Å²) in [6, 6.07) is 4.06. The van der Waals surface area contributed by atoms with Crippen LogP contribution in [-0.2, 0) is 6.54 Å². The highest BCUT2D eigenvalue weighted by Gasteiger charge is 2.23. The summed E-state index contributed by atoms with van der Waals surface area (Å²) >= 11 is 0. The zero-order chi connectivity index (χ0) is 12.1. The van der Waals surface area contributed by atoms with Crippen molar-refractivity contribution < 1.29 is 4.74 Å². The maximum absolute atomic E-state index is 6.02. The van der Waals surface area contributed by atoms with Crippen LogP contribution in [0.3, 0.4) is 0 Å². The van der Waals surface area contributed by atoms with Gasteiger partial charge in [-0.2, -0.15) is 0 Å². The Morgan fingerprint density at radius 3 is 3.00 bits per heavy atom. The van der Waals surface area contributed by atoms with Gasteiger partial charge in [0, 0.05) is 18.8 Å². The predicted molar refractivity (Wildman–Crippen MR) is 69.0 cm³/mol. The first-order valence-electron chi connectivity index (χ1n) is 6.56. The first-order chi connectivity index (χ1) is 8.29. The van der Waals surface area contributed by atoms with Gasteiger partial charge in [0.1, 0.15) is 6.10 Å². The van der Waals surface area contributed by atoms with Crippen LogP contribution in [-0.4, -0.2) is 18.1 Å². The molecule has 1 saturated carbocycles. The van der Waals surface area contributed by atoms with E-state index in [4.69, 9.17) is 4.74 Å². The molecule has 1 aliphatic carbocycles. The number of ether oxygens (including phenoxy) is 1. The van der Waals surface area contributed by atoms with E-state index in [2.05, 4.69) is 17.2 Å². The minimum atomic E-state index is 0.348. The molecule has 0 aliphatic heterocycles. The fourth-order valence-corrected chi connectivity index (χ4v) is 2.44. The lowest BCUT2D eigenvalue weighted by atomic mass is 9.88. The molecule has 1 N–H and O–H groups in total. The van der Waals surface area contributed by atoms with Crippen molar-refractivity contribution in [2.75, 3.05) is 7.05 Å². The molecule has 0 amide bonds. The van der Waals surface area contributed by atoms with Crippen LogP contribution in [0.15, 0.2) is 18.3 Å². The lowest BCUT2D eigenvalue weighted by Crippen LogP contribution is -2.28. The Labute approximate surface area is 104 Å². The van der Waals surface area contributed by atoms with Gasteiger partial charge in [0.25, 0.3) is 0 Å². The molecule has 2 rings (SSSR count). The SMILES string of the molecule is CNCc1ccnc(OC2CCCCC2C)c1. The quantitative estimate of drug-likeness (QED) is 0.870. The highest BCUT2D eigenvalue weighted by atomic mass is 16.5. The summed E-state index contributed by atoms with van der Waals surface area (Å²) in [6.45, 7) is 3.14. The largest absolute Gasteiger partial charge is 0.474 e. The van der Waals surface area contributed by atoms with Gasteiger partial charge in [0.15, 0.2) is 0 Å². The van der Waals surface area contributed by atoms with Crippen LogP contribution in [0.4, 0.5) is 0 Å². The molecule has 1 heterocycles. The first-order valence-corrected chi connectivity index (χ1v) is 6.56. The molecule has 2 atom stereocenters. The van der Waals surface area contributed by atoms with E-state index in [0.717, 1.165) is 12.4 Å². The minimum absolute atomic E-state index is 0.348. The van der Waals surface area contributed by atoms with Crippen LogP contribution in [0.5, 0.6) is 5.88 Å². The molecule has 0 spiro atoms. The molecule has 94 valence electrons. The number of nitrogens with zero attached hydrogens (tertiary/aromatic N) is 1. The zero-order valence-electron chi connectivity index (χ0n) is 10.8. The highest BCUT2D eigenvalue weighted by Crippen LogP contribution is 2.27. The van der Waals surface area contributed by atoms with E-state index in [9.17, 15) is 0 Å². The van der Waals surface area contributed by atoms with Gasteiger partial charge >= 0.3 is 0 Å². The molecule has 3 heteroatoms. The van der Waals surface area contributed by atoms with Crippen molar-refractivity contribution in [1.29, 1.82) is 0 Å². The van der Waals surface area contributed by atoms with Crippen LogP contribution in [0.2, 0.25) is 0 Å². The third-order valence-electron chi connectivity index (χ3n) is 3.49. The van der Waals surface area contributed by atoms with E-state index >= 15 is 0 Å². The van der Waals surface area contributed by atoms with Gasteiger partial charge in [-0.1, -0.05) is 13.3 Å². The Morgan fingerprint density at radius 1 is 1.41 bits per heavy atom. The van der Waals surface area contributed by atoms with Crippen molar-refractivity contribution >= 4 is 0 Å². The lowest BCUT2D eigenvalue weighted by Gasteiger charge is -2.28. The van der Waals surface area contributed by atoms with Gasteiger partial charge in [0.05, 0.1) is 0 Å². The molecule has 1 aliphatic rings. The number of rotatable bonds is 4. The van der Waals surface area contributed by atoms with Gasteiger partial charge in [-0.25, -0.2) is 4.98 Å². The molecule has 1 fully saturated rings. The number of nitrogens with one attached hydrogen (secondary N) is 1. The number of hydrogen-bond acceptors (Lipinski definition) is 3. The smallest absolute Gasteiger partial charge is 0.213 e. The van der Waals surface area contributed by atoms with Crippen molar-refractivity contribution in [2.24, 2.45) is 5.92 Å². The molecule has 0 aromatic carbocycles. The van der Waals surface area contributed by atoms with E-state index in [1.165, 1.54) is 31.2 Å². The van der Waals surface area contributed by atoms with Gasteiger partial charge in [-0.3, -0.25) is 0 Å².